The van der Waals surface area contributed by atoms with Crippen LogP contribution in [0, 0.1) is 0 Å². The fraction of sp³-hybridized carbons (Fsp3) is 0.391. The van der Waals surface area contributed by atoms with Gasteiger partial charge in [-0.15, -0.1) is 0 Å². The monoisotopic (exact) mass is 421 g/mol. The van der Waals surface area contributed by atoms with E-state index in [9.17, 15) is 9.59 Å². The molecule has 8 nitrogen and oxygen atoms in total. The second-order valence-electron chi connectivity index (χ2n) is 8.13. The van der Waals surface area contributed by atoms with Crippen molar-refractivity contribution in [1.29, 1.82) is 0 Å². The van der Waals surface area contributed by atoms with Crippen molar-refractivity contribution in [1.82, 2.24) is 14.8 Å². The molecule has 1 aromatic carbocycles. The van der Waals surface area contributed by atoms with Crippen LogP contribution in [-0.2, 0) is 9.63 Å². The number of carbonyl (C=O) groups is 2. The Morgan fingerprint density at radius 2 is 1.87 bits per heavy atom. The molecule has 2 aliphatic rings. The lowest BCUT2D eigenvalue weighted by atomic mass is 10.0. The third-order valence-electron chi connectivity index (χ3n) is 5.84. The van der Waals surface area contributed by atoms with Crippen LogP contribution in [0.15, 0.2) is 53.9 Å². The molecule has 4 rings (SSSR count). The average molecular weight is 422 g/mol. The highest BCUT2D eigenvalue weighted by atomic mass is 16.6. The van der Waals surface area contributed by atoms with Gasteiger partial charge in [-0.3, -0.25) is 14.6 Å². The van der Waals surface area contributed by atoms with Crippen molar-refractivity contribution in [3.63, 3.8) is 0 Å². The van der Waals surface area contributed by atoms with Gasteiger partial charge in [0.05, 0.1) is 5.71 Å². The average Bonchev–Trinajstić information content (AvgIpc) is 3.30. The van der Waals surface area contributed by atoms with E-state index in [1.54, 1.807) is 36.7 Å². The van der Waals surface area contributed by atoms with Crippen LogP contribution in [0.3, 0.4) is 0 Å². The molecule has 0 spiro atoms. The van der Waals surface area contributed by atoms with E-state index in [1.165, 1.54) is 0 Å². The molecular weight excluding hydrogens is 394 g/mol. The van der Waals surface area contributed by atoms with E-state index in [2.05, 4.69) is 34.5 Å². The number of hydrogen-bond acceptors (Lipinski definition) is 6. The molecule has 1 aromatic heterocycles. The number of nitrogens with zero attached hydrogens (tertiary/aromatic N) is 4. The topological polar surface area (TPSA) is 87.1 Å². The number of nitrogens with one attached hydrogen (secondary N) is 1. The summed E-state index contributed by atoms with van der Waals surface area (Å²) in [7, 11) is 4.16. The predicted molar refractivity (Wildman–Crippen MR) is 118 cm³/mol. The van der Waals surface area contributed by atoms with Gasteiger partial charge in [0.25, 0.3) is 11.8 Å². The Balaban J connectivity index is 1.30. The number of anilines is 1. The lowest BCUT2D eigenvalue weighted by Crippen LogP contribution is -2.44. The summed E-state index contributed by atoms with van der Waals surface area (Å²) in [5.74, 6) is -0.240. The SMILES string of the molecule is CN(C)C1CCN(C(=O)c2ccc(NC(=O)C3CC(c4cccnc4)=NO3)cc2)CC1. The van der Waals surface area contributed by atoms with Crippen molar-refractivity contribution in [2.24, 2.45) is 5.16 Å². The van der Waals surface area contributed by atoms with Gasteiger partial charge >= 0.3 is 0 Å². The van der Waals surface area contributed by atoms with Crippen LogP contribution in [0.5, 0.6) is 0 Å². The summed E-state index contributed by atoms with van der Waals surface area (Å²) >= 11 is 0. The van der Waals surface area contributed by atoms with Gasteiger partial charge in [0, 0.05) is 54.8 Å². The Bertz CT molecular complexity index is 951. The quantitative estimate of drug-likeness (QED) is 0.801. The normalized spacial score (nSPS) is 19.1. The molecule has 31 heavy (non-hydrogen) atoms. The van der Waals surface area contributed by atoms with Crippen molar-refractivity contribution in [2.45, 2.75) is 31.4 Å². The van der Waals surface area contributed by atoms with Crippen LogP contribution < -0.4 is 5.32 Å². The van der Waals surface area contributed by atoms with Crippen molar-refractivity contribution < 1.29 is 14.4 Å². The van der Waals surface area contributed by atoms with Crippen molar-refractivity contribution >= 4 is 23.2 Å². The van der Waals surface area contributed by atoms with Crippen molar-refractivity contribution in [2.75, 3.05) is 32.5 Å². The minimum atomic E-state index is -0.686. The highest BCUT2D eigenvalue weighted by Crippen LogP contribution is 2.20. The van der Waals surface area contributed by atoms with Gasteiger partial charge in [-0.05, 0) is 63.3 Å². The molecule has 1 saturated heterocycles. The number of likely N-dealkylation sites (tertiary alicyclic amines) is 1. The number of pyridine rings is 1. The summed E-state index contributed by atoms with van der Waals surface area (Å²) in [5, 5.41) is 6.85. The Kier molecular flexibility index (Phi) is 6.27. The zero-order valence-corrected chi connectivity index (χ0v) is 17.8. The van der Waals surface area contributed by atoms with Crippen LogP contribution in [0.4, 0.5) is 5.69 Å². The van der Waals surface area contributed by atoms with Gasteiger partial charge in [-0.1, -0.05) is 5.16 Å². The maximum absolute atomic E-state index is 12.8. The van der Waals surface area contributed by atoms with Gasteiger partial charge in [0.2, 0.25) is 6.10 Å². The molecule has 2 aliphatic heterocycles. The maximum Gasteiger partial charge on any atom is 0.268 e. The molecule has 0 aliphatic carbocycles. The molecule has 8 heteroatoms. The molecule has 3 heterocycles. The molecule has 0 saturated carbocycles. The van der Waals surface area contributed by atoms with Crippen LogP contribution in [0.2, 0.25) is 0 Å². The van der Waals surface area contributed by atoms with E-state index in [4.69, 9.17) is 4.84 Å². The highest BCUT2D eigenvalue weighted by molar-refractivity contribution is 6.06. The highest BCUT2D eigenvalue weighted by Gasteiger charge is 2.29. The minimum Gasteiger partial charge on any atom is -0.382 e. The number of rotatable bonds is 5. The first-order valence-corrected chi connectivity index (χ1v) is 10.5. The summed E-state index contributed by atoms with van der Waals surface area (Å²) in [4.78, 5) is 38.8. The lowest BCUT2D eigenvalue weighted by Gasteiger charge is -2.35. The summed E-state index contributed by atoms with van der Waals surface area (Å²) in [6, 6.07) is 11.2. The van der Waals surface area contributed by atoms with Crippen LogP contribution in [0.1, 0.15) is 35.2 Å². The summed E-state index contributed by atoms with van der Waals surface area (Å²) in [5.41, 5.74) is 2.79. The number of amides is 2. The molecule has 2 amide bonds. The summed E-state index contributed by atoms with van der Waals surface area (Å²) < 4.78 is 0. The Morgan fingerprint density at radius 1 is 1.13 bits per heavy atom. The summed E-state index contributed by atoms with van der Waals surface area (Å²) in [6.45, 7) is 1.52. The van der Waals surface area contributed by atoms with Gasteiger partial charge in [0.15, 0.2) is 0 Å². The van der Waals surface area contributed by atoms with Gasteiger partial charge < -0.3 is 20.0 Å². The number of oxime groups is 1. The molecule has 0 bridgehead atoms. The van der Waals surface area contributed by atoms with Crippen LogP contribution in [0.25, 0.3) is 0 Å². The minimum absolute atomic E-state index is 0.0312. The molecule has 1 fully saturated rings. The first kappa shape index (κ1) is 21.0. The molecule has 1 N–H and O–H groups in total. The molecule has 162 valence electrons. The van der Waals surface area contributed by atoms with Crippen LogP contribution in [-0.4, -0.2) is 71.6 Å². The summed E-state index contributed by atoms with van der Waals surface area (Å²) in [6.07, 6.45) is 5.05. The maximum atomic E-state index is 12.8. The second kappa shape index (κ2) is 9.26. The first-order chi connectivity index (χ1) is 15.0. The smallest absolute Gasteiger partial charge is 0.268 e. The fourth-order valence-corrected chi connectivity index (χ4v) is 3.91. The lowest BCUT2D eigenvalue weighted by molar-refractivity contribution is -0.125. The number of benzene rings is 1. The van der Waals surface area contributed by atoms with Crippen LogP contribution >= 0.6 is 0 Å². The van der Waals surface area contributed by atoms with E-state index in [1.807, 2.05) is 17.0 Å². The zero-order valence-electron chi connectivity index (χ0n) is 17.8. The Hall–Kier alpha value is -3.26. The van der Waals surface area contributed by atoms with E-state index in [-0.39, 0.29) is 11.8 Å². The molecule has 0 radical (unpaired) electrons. The largest absolute Gasteiger partial charge is 0.382 e. The Labute approximate surface area is 181 Å². The van der Waals surface area contributed by atoms with Crippen molar-refractivity contribution in [3.05, 3.63) is 59.9 Å². The van der Waals surface area contributed by atoms with E-state index in [0.717, 1.165) is 31.5 Å². The Morgan fingerprint density at radius 3 is 2.52 bits per heavy atom. The van der Waals surface area contributed by atoms with E-state index >= 15 is 0 Å². The number of piperidine rings is 1. The fourth-order valence-electron chi connectivity index (χ4n) is 3.91. The molecular formula is C23H27N5O3. The number of hydrogen-bond donors (Lipinski definition) is 1. The van der Waals surface area contributed by atoms with Gasteiger partial charge in [-0.25, -0.2) is 0 Å². The van der Waals surface area contributed by atoms with Crippen molar-refractivity contribution in [3.8, 4) is 0 Å². The van der Waals surface area contributed by atoms with E-state index < -0.39 is 6.10 Å². The predicted octanol–water partition coefficient (Wildman–Crippen LogP) is 2.38. The van der Waals surface area contributed by atoms with Gasteiger partial charge in [0.1, 0.15) is 0 Å². The zero-order chi connectivity index (χ0) is 21.8. The third kappa shape index (κ3) is 4.91. The number of aromatic nitrogens is 1. The molecule has 2 aromatic rings. The standard InChI is InChI=1S/C23H27N5O3/c1-27(2)19-9-12-28(13-10-19)23(30)16-5-7-18(8-6-16)25-22(29)21-14-20(26-31-21)17-4-3-11-24-15-17/h3-8,11,15,19,21H,9-10,12-14H2,1-2H3,(H,25,29). The molecule has 1 atom stereocenters. The molecule has 1 unspecified atom stereocenters. The third-order valence-corrected chi connectivity index (χ3v) is 5.84. The first-order valence-electron chi connectivity index (χ1n) is 10.5. The number of carbonyl (C=O) groups excluding carboxylic acids is 2. The van der Waals surface area contributed by atoms with Gasteiger partial charge in [-0.2, -0.15) is 0 Å². The van der Waals surface area contributed by atoms with E-state index in [0.29, 0.717) is 29.4 Å². The second-order valence-corrected chi connectivity index (χ2v) is 8.13.